The van der Waals surface area contributed by atoms with Crippen molar-refractivity contribution in [1.82, 2.24) is 25.0 Å². The Bertz CT molecular complexity index is 887. The summed E-state index contributed by atoms with van der Waals surface area (Å²) in [6, 6.07) is 5.79. The van der Waals surface area contributed by atoms with E-state index in [-0.39, 0.29) is 11.8 Å². The normalized spacial score (nSPS) is 18.2. The lowest BCUT2D eigenvalue weighted by molar-refractivity contribution is -0.134. The summed E-state index contributed by atoms with van der Waals surface area (Å²) in [7, 11) is 1.63. The number of ether oxygens (including phenoxy) is 1. The summed E-state index contributed by atoms with van der Waals surface area (Å²) in [4.78, 5) is 25.6. The van der Waals surface area contributed by atoms with Crippen LogP contribution in [0.3, 0.4) is 0 Å². The molecule has 2 aromatic heterocycles. The van der Waals surface area contributed by atoms with Gasteiger partial charge in [0.1, 0.15) is 0 Å². The van der Waals surface area contributed by atoms with Gasteiger partial charge in [0, 0.05) is 32.2 Å². The molecule has 1 aliphatic rings. The number of fused-ring (bicyclic) bond motifs is 1. The molecule has 1 atom stereocenters. The van der Waals surface area contributed by atoms with Crippen molar-refractivity contribution in [2.45, 2.75) is 18.8 Å². The lowest BCUT2D eigenvalue weighted by Crippen LogP contribution is -2.41. The van der Waals surface area contributed by atoms with Gasteiger partial charge >= 0.3 is 0 Å². The van der Waals surface area contributed by atoms with E-state index in [2.05, 4.69) is 20.1 Å². The number of nitrogens with zero attached hydrogens (tertiary/aromatic N) is 4. The van der Waals surface area contributed by atoms with Crippen LogP contribution in [0.2, 0.25) is 0 Å². The Labute approximate surface area is 144 Å². The molecule has 0 saturated carbocycles. The van der Waals surface area contributed by atoms with Crippen LogP contribution in [0.5, 0.6) is 0 Å². The smallest absolute Gasteiger partial charge is 0.231 e. The number of amides is 1. The maximum Gasteiger partial charge on any atom is 0.231 e. The molecule has 3 aromatic rings. The lowest BCUT2D eigenvalue weighted by atomic mass is 9.97. The number of piperidine rings is 1. The number of hydrogen-bond donors (Lipinski definition) is 1. The van der Waals surface area contributed by atoms with Crippen molar-refractivity contribution >= 4 is 16.9 Å². The number of hydrogen-bond acceptors (Lipinski definition) is 6. The molecule has 1 aromatic carbocycles. The Morgan fingerprint density at radius 3 is 3.24 bits per heavy atom. The fraction of sp³-hybridized carbons (Fsp3) is 0.412. The van der Waals surface area contributed by atoms with E-state index in [9.17, 15) is 4.79 Å². The number of carbonyl (C=O) groups is 1. The first-order valence-corrected chi connectivity index (χ1v) is 8.28. The third-order valence-electron chi connectivity index (χ3n) is 4.53. The molecule has 1 aliphatic heterocycles. The maximum atomic E-state index is 12.0. The Balaban J connectivity index is 1.53. The van der Waals surface area contributed by atoms with Crippen molar-refractivity contribution < 1.29 is 14.1 Å². The van der Waals surface area contributed by atoms with E-state index >= 15 is 0 Å². The SMILES string of the molecule is COCCN1CC(c2nc(-c3ccc4nc[nH]c4c3)no2)CCC1=O. The van der Waals surface area contributed by atoms with Crippen LogP contribution >= 0.6 is 0 Å². The van der Waals surface area contributed by atoms with Gasteiger partial charge in [-0.05, 0) is 24.6 Å². The van der Waals surface area contributed by atoms with Crippen LogP contribution in [0.4, 0.5) is 0 Å². The number of methoxy groups -OCH3 is 1. The predicted octanol–water partition coefficient (Wildman–Crippen LogP) is 1.97. The van der Waals surface area contributed by atoms with Crippen molar-refractivity contribution in [1.29, 1.82) is 0 Å². The van der Waals surface area contributed by atoms with E-state index in [1.807, 2.05) is 18.2 Å². The van der Waals surface area contributed by atoms with Crippen LogP contribution in [-0.2, 0) is 9.53 Å². The summed E-state index contributed by atoms with van der Waals surface area (Å²) < 4.78 is 10.6. The van der Waals surface area contributed by atoms with Gasteiger partial charge in [-0.1, -0.05) is 5.16 Å². The number of carbonyl (C=O) groups excluding carboxylic acids is 1. The molecule has 3 heterocycles. The number of aromatic amines is 1. The number of likely N-dealkylation sites (tertiary alicyclic amines) is 1. The molecule has 25 heavy (non-hydrogen) atoms. The van der Waals surface area contributed by atoms with Crippen LogP contribution in [0, 0.1) is 0 Å². The second-order valence-electron chi connectivity index (χ2n) is 6.16. The van der Waals surface area contributed by atoms with Crippen molar-refractivity contribution in [3.05, 3.63) is 30.4 Å². The first-order valence-electron chi connectivity index (χ1n) is 8.28. The van der Waals surface area contributed by atoms with Crippen LogP contribution in [0.25, 0.3) is 22.4 Å². The summed E-state index contributed by atoms with van der Waals surface area (Å²) >= 11 is 0. The van der Waals surface area contributed by atoms with Gasteiger partial charge in [0.05, 0.1) is 29.9 Å². The highest BCUT2D eigenvalue weighted by Gasteiger charge is 2.30. The molecule has 8 nitrogen and oxygen atoms in total. The number of aromatic nitrogens is 4. The number of H-pyrrole nitrogens is 1. The molecule has 1 unspecified atom stereocenters. The molecule has 1 amide bonds. The second-order valence-corrected chi connectivity index (χ2v) is 6.16. The van der Waals surface area contributed by atoms with E-state index in [0.717, 1.165) is 23.0 Å². The second kappa shape index (κ2) is 6.64. The van der Waals surface area contributed by atoms with Crippen molar-refractivity contribution in [3.8, 4) is 11.4 Å². The summed E-state index contributed by atoms with van der Waals surface area (Å²) in [5, 5.41) is 4.11. The van der Waals surface area contributed by atoms with E-state index < -0.39 is 0 Å². The van der Waals surface area contributed by atoms with Crippen LogP contribution in [0.1, 0.15) is 24.7 Å². The number of benzene rings is 1. The zero-order chi connectivity index (χ0) is 17.2. The van der Waals surface area contributed by atoms with Gasteiger partial charge in [-0.2, -0.15) is 4.98 Å². The topological polar surface area (TPSA) is 97.1 Å². The standard InChI is InChI=1S/C17H19N5O3/c1-24-7-6-22-9-12(3-5-15(22)23)17-20-16(21-25-17)11-2-4-13-14(8-11)19-10-18-13/h2,4,8,10,12H,3,5-7,9H2,1H3,(H,18,19). The fourth-order valence-corrected chi connectivity index (χ4v) is 3.13. The molecule has 1 N–H and O–H groups in total. The third-order valence-corrected chi connectivity index (χ3v) is 4.53. The van der Waals surface area contributed by atoms with Gasteiger partial charge < -0.3 is 19.1 Å². The Kier molecular flexibility index (Phi) is 4.19. The highest BCUT2D eigenvalue weighted by molar-refractivity contribution is 5.80. The van der Waals surface area contributed by atoms with E-state index in [1.165, 1.54) is 0 Å². The van der Waals surface area contributed by atoms with Crippen molar-refractivity contribution in [2.24, 2.45) is 0 Å². The fourth-order valence-electron chi connectivity index (χ4n) is 3.13. The lowest BCUT2D eigenvalue weighted by Gasteiger charge is -2.30. The van der Waals surface area contributed by atoms with Gasteiger partial charge in [0.25, 0.3) is 0 Å². The molecule has 8 heteroatoms. The molecule has 0 radical (unpaired) electrons. The predicted molar refractivity (Wildman–Crippen MR) is 89.8 cm³/mol. The average Bonchev–Trinajstić information content (AvgIpc) is 3.29. The van der Waals surface area contributed by atoms with Gasteiger partial charge in [-0.15, -0.1) is 0 Å². The molecule has 0 bridgehead atoms. The minimum atomic E-state index is 0.0618. The molecular formula is C17H19N5O3. The summed E-state index contributed by atoms with van der Waals surface area (Å²) in [6.45, 7) is 1.70. The highest BCUT2D eigenvalue weighted by Crippen LogP contribution is 2.28. The third kappa shape index (κ3) is 3.12. The first-order chi connectivity index (χ1) is 12.2. The van der Waals surface area contributed by atoms with Gasteiger partial charge in [0.15, 0.2) is 0 Å². The van der Waals surface area contributed by atoms with E-state index in [1.54, 1.807) is 18.3 Å². The zero-order valence-corrected chi connectivity index (χ0v) is 13.9. The first kappa shape index (κ1) is 15.8. The van der Waals surface area contributed by atoms with Crippen LogP contribution < -0.4 is 0 Å². The largest absolute Gasteiger partial charge is 0.383 e. The molecule has 0 spiro atoms. The van der Waals surface area contributed by atoms with Crippen LogP contribution in [-0.4, -0.2) is 57.7 Å². The quantitative estimate of drug-likeness (QED) is 0.762. The Morgan fingerprint density at radius 2 is 2.36 bits per heavy atom. The van der Waals surface area contributed by atoms with Gasteiger partial charge in [-0.25, -0.2) is 4.98 Å². The highest BCUT2D eigenvalue weighted by atomic mass is 16.5. The number of nitrogens with one attached hydrogen (secondary N) is 1. The Hall–Kier alpha value is -2.74. The zero-order valence-electron chi connectivity index (χ0n) is 13.9. The van der Waals surface area contributed by atoms with Gasteiger partial charge in [0.2, 0.25) is 17.6 Å². The molecular weight excluding hydrogens is 322 g/mol. The molecule has 4 rings (SSSR count). The van der Waals surface area contributed by atoms with Crippen LogP contribution in [0.15, 0.2) is 29.0 Å². The van der Waals surface area contributed by atoms with Crippen molar-refractivity contribution in [3.63, 3.8) is 0 Å². The maximum absolute atomic E-state index is 12.0. The average molecular weight is 341 g/mol. The molecule has 130 valence electrons. The summed E-state index contributed by atoms with van der Waals surface area (Å²) in [6.07, 6.45) is 2.87. The number of rotatable bonds is 5. The minimum absolute atomic E-state index is 0.0618. The molecule has 0 aliphatic carbocycles. The Morgan fingerprint density at radius 1 is 1.44 bits per heavy atom. The number of imidazole rings is 1. The summed E-state index contributed by atoms with van der Waals surface area (Å²) in [5.74, 6) is 1.34. The van der Waals surface area contributed by atoms with E-state index in [0.29, 0.717) is 37.8 Å². The van der Waals surface area contributed by atoms with Gasteiger partial charge in [-0.3, -0.25) is 4.79 Å². The summed E-state index contributed by atoms with van der Waals surface area (Å²) in [5.41, 5.74) is 2.69. The minimum Gasteiger partial charge on any atom is -0.383 e. The van der Waals surface area contributed by atoms with Crippen molar-refractivity contribution in [2.75, 3.05) is 26.8 Å². The monoisotopic (exact) mass is 341 g/mol. The molecule has 1 fully saturated rings. The van der Waals surface area contributed by atoms with E-state index in [4.69, 9.17) is 9.26 Å². The molecule has 1 saturated heterocycles.